The number of nitrogens with one attached hydrogen (secondary N) is 2. The van der Waals surface area contributed by atoms with Crippen molar-refractivity contribution in [2.24, 2.45) is 0 Å². The van der Waals surface area contributed by atoms with Gasteiger partial charge in [0.1, 0.15) is 16.2 Å². The number of aromatic amines is 1. The van der Waals surface area contributed by atoms with Gasteiger partial charge in [0, 0.05) is 11.8 Å². The fourth-order valence-corrected chi connectivity index (χ4v) is 4.71. The summed E-state index contributed by atoms with van der Waals surface area (Å²) in [7, 11) is 0. The van der Waals surface area contributed by atoms with Gasteiger partial charge in [-0.25, -0.2) is 4.98 Å². The van der Waals surface area contributed by atoms with Crippen LogP contribution in [0.1, 0.15) is 12.7 Å². The number of fused-ring (bicyclic) bond motifs is 1. The van der Waals surface area contributed by atoms with Gasteiger partial charge >= 0.3 is 0 Å². The third kappa shape index (κ3) is 4.70. The van der Waals surface area contributed by atoms with Crippen LogP contribution >= 0.6 is 35.3 Å². The Hall–Kier alpha value is -2.96. The van der Waals surface area contributed by atoms with Gasteiger partial charge in [-0.3, -0.25) is 14.2 Å². The number of carbonyl (C=O) groups is 1. The highest BCUT2D eigenvalue weighted by molar-refractivity contribution is 7.99. The Kier molecular flexibility index (Phi) is 6.20. The lowest BCUT2D eigenvalue weighted by molar-refractivity contribution is -0.113. The molecule has 12 heteroatoms. The molecule has 0 saturated carbocycles. The summed E-state index contributed by atoms with van der Waals surface area (Å²) in [6, 6.07) is 9.00. The van der Waals surface area contributed by atoms with Gasteiger partial charge in [0.15, 0.2) is 20.6 Å². The summed E-state index contributed by atoms with van der Waals surface area (Å²) < 4.78 is 13.1. The number of aryl methyl sites for hydroxylation is 1. The molecule has 1 amide bonds. The number of benzene rings is 1. The van der Waals surface area contributed by atoms with Crippen molar-refractivity contribution < 1.29 is 14.1 Å². The summed E-state index contributed by atoms with van der Waals surface area (Å²) >= 11 is 7.76. The molecule has 2 N–H and O–H groups in total. The molecule has 1 aromatic carbocycles. The second-order valence-corrected chi connectivity index (χ2v) is 8.92. The number of thiazole rings is 1. The van der Waals surface area contributed by atoms with Gasteiger partial charge in [-0.2, -0.15) is 0 Å². The molecule has 0 aliphatic carbocycles. The Morgan fingerprint density at radius 3 is 2.84 bits per heavy atom. The van der Waals surface area contributed by atoms with Crippen LogP contribution in [-0.4, -0.2) is 38.0 Å². The van der Waals surface area contributed by atoms with Crippen LogP contribution in [0.15, 0.2) is 44.8 Å². The van der Waals surface area contributed by atoms with Crippen molar-refractivity contribution in [2.45, 2.75) is 19.0 Å². The van der Waals surface area contributed by atoms with E-state index in [4.69, 9.17) is 21.5 Å². The molecular formula is C19H17N5O4S3. The highest BCUT2D eigenvalue weighted by Gasteiger charge is 2.15. The number of hydrogen-bond acceptors (Lipinski definition) is 9. The molecule has 4 rings (SSSR count). The first-order valence-corrected chi connectivity index (χ1v) is 11.4. The van der Waals surface area contributed by atoms with Crippen LogP contribution in [0.25, 0.3) is 16.0 Å². The fourth-order valence-electron chi connectivity index (χ4n) is 2.79. The highest BCUT2D eigenvalue weighted by atomic mass is 32.2. The molecule has 0 fully saturated rings. The van der Waals surface area contributed by atoms with E-state index in [1.165, 1.54) is 11.3 Å². The Morgan fingerprint density at radius 2 is 2.16 bits per heavy atom. The smallest absolute Gasteiger partial charge is 0.271 e. The maximum atomic E-state index is 12.6. The minimum absolute atomic E-state index is 0.0360. The molecule has 0 bridgehead atoms. The van der Waals surface area contributed by atoms with Gasteiger partial charge in [0.2, 0.25) is 5.91 Å². The summed E-state index contributed by atoms with van der Waals surface area (Å²) in [5.41, 5.74) is 0.909. The summed E-state index contributed by atoms with van der Waals surface area (Å²) in [6.07, 6.45) is 0. The van der Waals surface area contributed by atoms with Gasteiger partial charge in [0.25, 0.3) is 5.56 Å². The molecule has 4 aromatic rings. The lowest BCUT2D eigenvalue weighted by Crippen LogP contribution is -2.15. The molecule has 160 valence electrons. The number of anilines is 1. The third-order valence-electron chi connectivity index (χ3n) is 4.06. The van der Waals surface area contributed by atoms with E-state index < -0.39 is 0 Å². The molecule has 3 heterocycles. The quantitative estimate of drug-likeness (QED) is 0.235. The van der Waals surface area contributed by atoms with Crippen molar-refractivity contribution in [1.82, 2.24) is 19.7 Å². The number of rotatable bonds is 7. The molecular weight excluding hydrogens is 458 g/mol. The number of thioether (sulfide) groups is 1. The SMILES string of the molecule is CCOc1ccc(-n2c(=S)sc3c(=O)[nH]c(SCC(=O)Nc4cc(C)on4)nc32)cc1. The van der Waals surface area contributed by atoms with E-state index in [9.17, 15) is 9.59 Å². The standard InChI is InChI=1S/C19H17N5O4S3/c1-3-27-12-6-4-11(5-7-12)24-16-15(31-19(24)29)17(26)22-18(21-16)30-9-14(25)20-13-8-10(2)28-23-13/h4-8H,3,9H2,1-2H3,(H,20,23,25)(H,21,22,26). The Balaban J connectivity index is 1.59. The zero-order valence-electron chi connectivity index (χ0n) is 16.5. The molecule has 9 nitrogen and oxygen atoms in total. The van der Waals surface area contributed by atoms with Crippen LogP contribution in [0, 0.1) is 10.9 Å². The van der Waals surface area contributed by atoms with Gasteiger partial charge in [-0.05, 0) is 50.3 Å². The lowest BCUT2D eigenvalue weighted by atomic mass is 10.3. The summed E-state index contributed by atoms with van der Waals surface area (Å²) in [6.45, 7) is 4.22. The first-order valence-electron chi connectivity index (χ1n) is 9.19. The van der Waals surface area contributed by atoms with Crippen molar-refractivity contribution in [3.8, 4) is 11.4 Å². The number of aromatic nitrogens is 4. The van der Waals surface area contributed by atoms with Crippen molar-refractivity contribution in [2.75, 3.05) is 17.7 Å². The molecule has 0 saturated heterocycles. The number of ether oxygens (including phenoxy) is 1. The van der Waals surface area contributed by atoms with Crippen LogP contribution in [0.5, 0.6) is 5.75 Å². The second kappa shape index (κ2) is 9.04. The van der Waals surface area contributed by atoms with Crippen molar-refractivity contribution in [3.05, 3.63) is 50.4 Å². The van der Waals surface area contributed by atoms with Gasteiger partial charge < -0.3 is 19.6 Å². The van der Waals surface area contributed by atoms with E-state index in [2.05, 4.69) is 20.4 Å². The van der Waals surface area contributed by atoms with E-state index in [1.54, 1.807) is 17.6 Å². The minimum atomic E-state index is -0.305. The van der Waals surface area contributed by atoms with E-state index in [-0.39, 0.29) is 17.2 Å². The number of hydrogen-bond donors (Lipinski definition) is 2. The fraction of sp³-hybridized carbons (Fsp3) is 0.211. The van der Waals surface area contributed by atoms with E-state index in [0.717, 1.165) is 23.2 Å². The first-order chi connectivity index (χ1) is 14.9. The van der Waals surface area contributed by atoms with Crippen molar-refractivity contribution >= 4 is 57.4 Å². The van der Waals surface area contributed by atoms with Crippen LogP contribution in [-0.2, 0) is 4.79 Å². The van der Waals surface area contributed by atoms with Gasteiger partial charge in [-0.1, -0.05) is 28.3 Å². The molecule has 0 unspecified atom stereocenters. The predicted octanol–water partition coefficient (Wildman–Crippen LogP) is 3.93. The average molecular weight is 476 g/mol. The van der Waals surface area contributed by atoms with Crippen LogP contribution < -0.4 is 15.6 Å². The van der Waals surface area contributed by atoms with Gasteiger partial charge in [-0.15, -0.1) is 0 Å². The Morgan fingerprint density at radius 1 is 1.39 bits per heavy atom. The Labute approximate surface area is 189 Å². The molecule has 0 aliphatic rings. The van der Waals surface area contributed by atoms with E-state index >= 15 is 0 Å². The topological polar surface area (TPSA) is 115 Å². The molecule has 0 radical (unpaired) electrons. The van der Waals surface area contributed by atoms with E-state index in [1.807, 2.05) is 31.2 Å². The number of carbonyl (C=O) groups excluding carboxylic acids is 1. The maximum Gasteiger partial charge on any atom is 0.271 e. The number of H-pyrrole nitrogens is 1. The number of amides is 1. The van der Waals surface area contributed by atoms with Crippen LogP contribution in [0.2, 0.25) is 0 Å². The zero-order chi connectivity index (χ0) is 22.0. The van der Waals surface area contributed by atoms with Crippen LogP contribution in [0.4, 0.5) is 5.82 Å². The van der Waals surface area contributed by atoms with Crippen LogP contribution in [0.3, 0.4) is 0 Å². The highest BCUT2D eigenvalue weighted by Crippen LogP contribution is 2.26. The summed E-state index contributed by atoms with van der Waals surface area (Å²) in [5.74, 6) is 1.41. The van der Waals surface area contributed by atoms with Crippen molar-refractivity contribution in [3.63, 3.8) is 0 Å². The molecule has 0 atom stereocenters. The monoisotopic (exact) mass is 475 g/mol. The Bertz CT molecular complexity index is 1350. The van der Waals surface area contributed by atoms with E-state index in [0.29, 0.717) is 37.6 Å². The average Bonchev–Trinajstić information content (AvgIpc) is 3.30. The summed E-state index contributed by atoms with van der Waals surface area (Å²) in [4.78, 5) is 32.0. The molecule has 0 spiro atoms. The third-order valence-corrected chi connectivity index (χ3v) is 6.30. The predicted molar refractivity (Wildman–Crippen MR) is 122 cm³/mol. The molecule has 31 heavy (non-hydrogen) atoms. The zero-order valence-corrected chi connectivity index (χ0v) is 18.9. The molecule has 3 aromatic heterocycles. The van der Waals surface area contributed by atoms with Gasteiger partial charge in [0.05, 0.1) is 12.4 Å². The summed E-state index contributed by atoms with van der Waals surface area (Å²) in [5, 5.41) is 6.66. The lowest BCUT2D eigenvalue weighted by Gasteiger charge is -2.07. The van der Waals surface area contributed by atoms with Crippen molar-refractivity contribution in [1.29, 1.82) is 0 Å². The number of nitrogens with zero attached hydrogens (tertiary/aromatic N) is 3. The normalized spacial score (nSPS) is 11.0. The minimum Gasteiger partial charge on any atom is -0.494 e. The second-order valence-electron chi connectivity index (χ2n) is 6.31. The molecule has 0 aliphatic heterocycles. The largest absolute Gasteiger partial charge is 0.494 e. The first kappa shape index (κ1) is 21.3. The maximum absolute atomic E-state index is 12.6.